The number of imidazole rings is 1. The first-order valence-electron chi connectivity index (χ1n) is 11.8. The van der Waals surface area contributed by atoms with Gasteiger partial charge < -0.3 is 18.9 Å². The summed E-state index contributed by atoms with van der Waals surface area (Å²) in [5.41, 5.74) is 0.409. The predicted molar refractivity (Wildman–Crippen MR) is 127 cm³/mol. The summed E-state index contributed by atoms with van der Waals surface area (Å²) in [6.07, 6.45) is 2.61. The Kier molecular flexibility index (Phi) is 6.53. The molecule has 36 heavy (non-hydrogen) atoms. The Morgan fingerprint density at radius 2 is 2.19 bits per heavy atom. The number of rotatable bonds is 7. The van der Waals surface area contributed by atoms with Crippen molar-refractivity contribution in [2.75, 3.05) is 33.4 Å². The van der Waals surface area contributed by atoms with E-state index in [1.165, 1.54) is 27.4 Å². The number of nitriles is 1. The molecule has 5 rings (SSSR count). The Balaban J connectivity index is 1.67. The normalized spacial score (nSPS) is 17.6. The van der Waals surface area contributed by atoms with E-state index in [0.29, 0.717) is 31.1 Å². The molecule has 11 nitrogen and oxygen atoms in total. The van der Waals surface area contributed by atoms with Crippen molar-refractivity contribution in [3.8, 4) is 17.6 Å². The zero-order valence-corrected chi connectivity index (χ0v) is 20.0. The average Bonchev–Trinajstić information content (AvgIpc) is 3.52. The van der Waals surface area contributed by atoms with Gasteiger partial charge in [-0.1, -0.05) is 12.1 Å². The molecule has 2 unspecified atom stereocenters. The van der Waals surface area contributed by atoms with Gasteiger partial charge in [-0.05, 0) is 31.5 Å². The minimum atomic E-state index is -0.707. The summed E-state index contributed by atoms with van der Waals surface area (Å²) in [6, 6.07) is 4.63. The molecule has 1 aliphatic heterocycles. The number of benzene rings is 1. The number of hydrogen-bond donors (Lipinski definition) is 1. The predicted octanol–water partition coefficient (Wildman–Crippen LogP) is 1.92. The van der Waals surface area contributed by atoms with Gasteiger partial charge in [-0.2, -0.15) is 10.2 Å². The van der Waals surface area contributed by atoms with Crippen molar-refractivity contribution in [3.05, 3.63) is 46.1 Å². The SMILES string of the molecule is COCC(C)c1nc(-c2ncn3c2c(=O)n(CCN2CCCC(O)C2)c2c(C#N)c(F)ccc23)no1. The van der Waals surface area contributed by atoms with Gasteiger partial charge in [-0.25, -0.2) is 9.37 Å². The third kappa shape index (κ3) is 4.15. The molecule has 0 amide bonds. The van der Waals surface area contributed by atoms with Gasteiger partial charge in [0.25, 0.3) is 5.56 Å². The summed E-state index contributed by atoms with van der Waals surface area (Å²) >= 11 is 0. The van der Waals surface area contributed by atoms with Crippen molar-refractivity contribution < 1.29 is 18.8 Å². The Labute approximate surface area is 205 Å². The third-order valence-electron chi connectivity index (χ3n) is 6.57. The lowest BCUT2D eigenvalue weighted by molar-refractivity contribution is 0.0690. The lowest BCUT2D eigenvalue weighted by atomic mass is 10.1. The first-order valence-corrected chi connectivity index (χ1v) is 11.8. The maximum atomic E-state index is 14.6. The smallest absolute Gasteiger partial charge is 0.277 e. The van der Waals surface area contributed by atoms with E-state index in [0.717, 1.165) is 19.4 Å². The number of methoxy groups -OCH3 is 1. The molecule has 188 valence electrons. The zero-order valence-electron chi connectivity index (χ0n) is 20.0. The number of aliphatic hydroxyl groups excluding tert-OH is 1. The Bertz CT molecular complexity index is 1520. The molecular formula is C24H26FN7O4. The van der Waals surface area contributed by atoms with Crippen LogP contribution in [0.3, 0.4) is 0 Å². The lowest BCUT2D eigenvalue weighted by Gasteiger charge is -2.30. The molecule has 12 heteroatoms. The van der Waals surface area contributed by atoms with Crippen LogP contribution in [0, 0.1) is 17.1 Å². The second-order valence-electron chi connectivity index (χ2n) is 9.08. The summed E-state index contributed by atoms with van der Waals surface area (Å²) in [4.78, 5) is 24.7. The molecule has 1 N–H and O–H groups in total. The van der Waals surface area contributed by atoms with Crippen molar-refractivity contribution in [2.24, 2.45) is 0 Å². The van der Waals surface area contributed by atoms with Crippen LogP contribution in [0.5, 0.6) is 0 Å². The maximum Gasteiger partial charge on any atom is 0.277 e. The number of β-amino-alcohol motifs (C(OH)–C–C–N with tert-alkyl or cyclic N) is 1. The highest BCUT2D eigenvalue weighted by Gasteiger charge is 2.25. The fourth-order valence-corrected chi connectivity index (χ4v) is 4.80. The fraction of sp³-hybridized carbons (Fsp3) is 0.458. The number of ether oxygens (including phenoxy) is 1. The van der Waals surface area contributed by atoms with Crippen molar-refractivity contribution in [1.82, 2.24) is 29.0 Å². The molecule has 0 bridgehead atoms. The average molecular weight is 496 g/mol. The van der Waals surface area contributed by atoms with Crippen LogP contribution in [0.1, 0.15) is 37.1 Å². The van der Waals surface area contributed by atoms with Crippen molar-refractivity contribution in [2.45, 2.75) is 38.3 Å². The molecule has 0 aliphatic carbocycles. The molecule has 3 aromatic heterocycles. The molecule has 0 radical (unpaired) electrons. The van der Waals surface area contributed by atoms with Crippen LogP contribution in [0.4, 0.5) is 4.39 Å². The van der Waals surface area contributed by atoms with Gasteiger partial charge in [0.1, 0.15) is 35.0 Å². The maximum absolute atomic E-state index is 14.6. The molecule has 0 saturated carbocycles. The van der Waals surface area contributed by atoms with Crippen LogP contribution in [-0.2, 0) is 11.3 Å². The number of hydrogen-bond acceptors (Lipinski definition) is 9. The van der Waals surface area contributed by atoms with E-state index in [-0.39, 0.29) is 40.6 Å². The van der Waals surface area contributed by atoms with Gasteiger partial charge >= 0.3 is 0 Å². The lowest BCUT2D eigenvalue weighted by Crippen LogP contribution is -2.41. The van der Waals surface area contributed by atoms with Crippen LogP contribution < -0.4 is 5.56 Å². The van der Waals surface area contributed by atoms with Crippen LogP contribution in [0.15, 0.2) is 27.8 Å². The highest BCUT2D eigenvalue weighted by atomic mass is 19.1. The summed E-state index contributed by atoms with van der Waals surface area (Å²) in [6.45, 7) is 4.20. The van der Waals surface area contributed by atoms with Gasteiger partial charge in [0, 0.05) is 26.7 Å². The summed E-state index contributed by atoms with van der Waals surface area (Å²) in [5, 5.41) is 23.8. The summed E-state index contributed by atoms with van der Waals surface area (Å²) in [7, 11) is 1.58. The third-order valence-corrected chi connectivity index (χ3v) is 6.57. The standard InChI is InChI=1S/C24H26FN7O4/c1-14(12-35-2)23-28-22(29-36-23)19-21-24(34)31(9-8-30-7-3-4-15(33)11-30)20-16(10-26)17(25)5-6-18(20)32(21)13-27-19/h5-6,13-15,33H,3-4,7-9,11-12H2,1-2H3. The minimum Gasteiger partial charge on any atom is -0.392 e. The van der Waals surface area contributed by atoms with Crippen LogP contribution >= 0.6 is 0 Å². The van der Waals surface area contributed by atoms with Gasteiger partial charge in [-0.15, -0.1) is 0 Å². The minimum absolute atomic E-state index is 0.149. The van der Waals surface area contributed by atoms with Crippen molar-refractivity contribution in [1.29, 1.82) is 5.26 Å². The molecular weight excluding hydrogens is 469 g/mol. The van der Waals surface area contributed by atoms with Gasteiger partial charge in [0.15, 0.2) is 0 Å². The molecule has 0 spiro atoms. The topological polar surface area (TPSA) is 135 Å². The molecule has 1 fully saturated rings. The van der Waals surface area contributed by atoms with E-state index in [4.69, 9.17) is 9.26 Å². The fourth-order valence-electron chi connectivity index (χ4n) is 4.80. The Hall–Kier alpha value is -3.66. The van der Waals surface area contributed by atoms with Crippen molar-refractivity contribution >= 4 is 16.6 Å². The monoisotopic (exact) mass is 495 g/mol. The highest BCUT2D eigenvalue weighted by molar-refractivity contribution is 5.87. The number of aromatic nitrogens is 5. The van der Waals surface area contributed by atoms with Gasteiger partial charge in [0.05, 0.1) is 29.7 Å². The molecule has 4 heterocycles. The second kappa shape index (κ2) is 9.77. The molecule has 4 aromatic rings. The molecule has 1 saturated heterocycles. The number of likely N-dealkylation sites (tertiary alicyclic amines) is 1. The van der Waals surface area contributed by atoms with E-state index >= 15 is 0 Å². The number of halogens is 1. The molecule has 1 aliphatic rings. The van der Waals surface area contributed by atoms with Gasteiger partial charge in [0.2, 0.25) is 11.7 Å². The van der Waals surface area contributed by atoms with E-state index in [2.05, 4.69) is 20.0 Å². The van der Waals surface area contributed by atoms with E-state index in [9.17, 15) is 19.6 Å². The first-order chi connectivity index (χ1) is 17.4. The van der Waals surface area contributed by atoms with E-state index in [1.54, 1.807) is 7.11 Å². The molecule has 2 atom stereocenters. The largest absolute Gasteiger partial charge is 0.392 e. The number of nitrogens with zero attached hydrogens (tertiary/aromatic N) is 7. The zero-order chi connectivity index (χ0) is 25.4. The quantitative estimate of drug-likeness (QED) is 0.408. The van der Waals surface area contributed by atoms with E-state index in [1.807, 2.05) is 13.0 Å². The van der Waals surface area contributed by atoms with Gasteiger partial charge in [-0.3, -0.25) is 14.1 Å². The van der Waals surface area contributed by atoms with Crippen molar-refractivity contribution in [3.63, 3.8) is 0 Å². The second-order valence-corrected chi connectivity index (χ2v) is 9.08. The van der Waals surface area contributed by atoms with Crippen LogP contribution in [-0.4, -0.2) is 73.6 Å². The number of aliphatic hydroxyl groups is 1. The van der Waals surface area contributed by atoms with Crippen LogP contribution in [0.25, 0.3) is 28.1 Å². The Morgan fingerprint density at radius 1 is 1.36 bits per heavy atom. The highest BCUT2D eigenvalue weighted by Crippen LogP contribution is 2.26. The number of fused-ring (bicyclic) bond motifs is 3. The van der Waals surface area contributed by atoms with Crippen LogP contribution in [0.2, 0.25) is 0 Å². The molecule has 1 aromatic carbocycles. The Morgan fingerprint density at radius 3 is 2.94 bits per heavy atom. The number of piperidine rings is 1. The van der Waals surface area contributed by atoms with E-state index < -0.39 is 17.5 Å². The summed E-state index contributed by atoms with van der Waals surface area (Å²) < 4.78 is 28.1. The first kappa shape index (κ1) is 24.1. The summed E-state index contributed by atoms with van der Waals surface area (Å²) in [5.74, 6) is -0.350.